The Morgan fingerprint density at radius 2 is 1.75 bits per heavy atom. The van der Waals surface area contributed by atoms with E-state index in [2.05, 4.69) is 16.3 Å². The molecule has 1 aromatic heterocycles. The summed E-state index contributed by atoms with van der Waals surface area (Å²) in [5, 5.41) is 8.26. The van der Waals surface area contributed by atoms with E-state index in [4.69, 9.17) is 9.47 Å². The van der Waals surface area contributed by atoms with E-state index in [1.165, 1.54) is 0 Å². The third-order valence-electron chi connectivity index (χ3n) is 6.44. The number of hydrogen-bond donors (Lipinski definition) is 1. The second-order valence-corrected chi connectivity index (χ2v) is 10.2. The lowest BCUT2D eigenvalue weighted by Gasteiger charge is -2.35. The highest BCUT2D eigenvalue weighted by molar-refractivity contribution is 5.98. The standard InChI is InChI=1S/C27H30N4O5/c1-27(2,3)36-26(34)31-11-9-30(10-12-31)25(33)21-15-17(14-18-8-13-35-23(18)21)16-22-19-6-4-5-7-20(19)24(32)29-28-22/h4-7,14-15H,8-13,16H2,1-3H3,(H,29,32). The van der Waals surface area contributed by atoms with Crippen molar-refractivity contribution in [3.8, 4) is 5.75 Å². The molecular formula is C27H30N4O5. The zero-order valence-electron chi connectivity index (χ0n) is 20.8. The van der Waals surface area contributed by atoms with Gasteiger partial charge in [0.05, 0.1) is 23.3 Å². The van der Waals surface area contributed by atoms with E-state index in [0.717, 1.165) is 28.6 Å². The molecule has 0 atom stereocenters. The molecule has 0 spiro atoms. The third kappa shape index (κ3) is 4.78. The number of carbonyl (C=O) groups excluding carboxylic acids is 2. The molecule has 5 rings (SSSR count). The van der Waals surface area contributed by atoms with E-state index in [9.17, 15) is 14.4 Å². The van der Waals surface area contributed by atoms with Crippen LogP contribution in [0.5, 0.6) is 5.75 Å². The number of nitrogens with zero attached hydrogens (tertiary/aromatic N) is 3. The predicted molar refractivity (Wildman–Crippen MR) is 135 cm³/mol. The molecule has 9 nitrogen and oxygen atoms in total. The number of benzene rings is 2. The molecule has 3 aromatic rings. The number of amides is 2. The van der Waals surface area contributed by atoms with Crippen molar-refractivity contribution < 1.29 is 19.1 Å². The molecule has 36 heavy (non-hydrogen) atoms. The number of piperazine rings is 1. The molecule has 9 heteroatoms. The van der Waals surface area contributed by atoms with Gasteiger partial charge in [0.2, 0.25) is 0 Å². The first kappa shape index (κ1) is 23.8. The number of nitrogens with one attached hydrogen (secondary N) is 1. The van der Waals surface area contributed by atoms with E-state index >= 15 is 0 Å². The fourth-order valence-electron chi connectivity index (χ4n) is 4.72. The van der Waals surface area contributed by atoms with Crippen molar-refractivity contribution in [3.63, 3.8) is 0 Å². The van der Waals surface area contributed by atoms with Crippen LogP contribution in [0.2, 0.25) is 0 Å². The Labute approximate surface area is 209 Å². The van der Waals surface area contributed by atoms with Gasteiger partial charge in [0.25, 0.3) is 11.5 Å². The summed E-state index contributed by atoms with van der Waals surface area (Å²) in [5.74, 6) is 0.524. The molecular weight excluding hydrogens is 460 g/mol. The van der Waals surface area contributed by atoms with Crippen LogP contribution in [0.25, 0.3) is 10.8 Å². The van der Waals surface area contributed by atoms with Crippen LogP contribution < -0.4 is 10.3 Å². The maximum Gasteiger partial charge on any atom is 0.410 e. The number of H-pyrrole nitrogens is 1. The molecule has 0 saturated carbocycles. The highest BCUT2D eigenvalue weighted by Gasteiger charge is 2.31. The van der Waals surface area contributed by atoms with Gasteiger partial charge in [0.1, 0.15) is 11.4 Å². The Morgan fingerprint density at radius 3 is 2.47 bits per heavy atom. The first-order valence-electron chi connectivity index (χ1n) is 12.2. The van der Waals surface area contributed by atoms with Crippen LogP contribution in [-0.4, -0.2) is 70.4 Å². The molecule has 0 radical (unpaired) electrons. The Balaban J connectivity index is 1.37. The van der Waals surface area contributed by atoms with E-state index in [1.807, 2.05) is 45.0 Å². The number of fused-ring (bicyclic) bond motifs is 2. The average Bonchev–Trinajstić information content (AvgIpc) is 3.33. The summed E-state index contributed by atoms with van der Waals surface area (Å²) in [4.78, 5) is 41.5. The lowest BCUT2D eigenvalue weighted by molar-refractivity contribution is 0.0140. The largest absolute Gasteiger partial charge is 0.492 e. The number of rotatable bonds is 3. The predicted octanol–water partition coefficient (Wildman–Crippen LogP) is 3.14. The second kappa shape index (κ2) is 9.29. The van der Waals surface area contributed by atoms with E-state index < -0.39 is 5.60 Å². The minimum absolute atomic E-state index is 0.113. The van der Waals surface area contributed by atoms with Crippen LogP contribution in [0.1, 0.15) is 48.0 Å². The van der Waals surface area contributed by atoms with Crippen molar-refractivity contribution in [2.24, 2.45) is 0 Å². The zero-order valence-corrected chi connectivity index (χ0v) is 20.8. The molecule has 2 aliphatic rings. The topological polar surface area (TPSA) is 105 Å². The quantitative estimate of drug-likeness (QED) is 0.605. The lowest BCUT2D eigenvalue weighted by Crippen LogP contribution is -2.51. The highest BCUT2D eigenvalue weighted by atomic mass is 16.6. The summed E-state index contributed by atoms with van der Waals surface area (Å²) in [6.45, 7) is 7.71. The summed E-state index contributed by atoms with van der Waals surface area (Å²) >= 11 is 0. The number of carbonyl (C=O) groups is 2. The molecule has 3 heterocycles. The van der Waals surface area contributed by atoms with Gasteiger partial charge in [-0.05, 0) is 44.0 Å². The molecule has 0 bridgehead atoms. The number of aromatic nitrogens is 2. The third-order valence-corrected chi connectivity index (χ3v) is 6.44. The zero-order chi connectivity index (χ0) is 25.4. The summed E-state index contributed by atoms with van der Waals surface area (Å²) in [7, 11) is 0. The monoisotopic (exact) mass is 490 g/mol. The Kier molecular flexibility index (Phi) is 6.15. The van der Waals surface area contributed by atoms with Crippen LogP contribution in [0, 0.1) is 0 Å². The number of aromatic amines is 1. The summed E-state index contributed by atoms with van der Waals surface area (Å²) in [6.07, 6.45) is 0.842. The Bertz CT molecular complexity index is 1380. The van der Waals surface area contributed by atoms with Gasteiger partial charge in [-0.3, -0.25) is 9.59 Å². The molecule has 2 amide bonds. The van der Waals surface area contributed by atoms with Crippen LogP contribution in [0.15, 0.2) is 41.2 Å². The van der Waals surface area contributed by atoms with Crippen molar-refractivity contribution in [3.05, 3.63) is 69.1 Å². The fourth-order valence-corrected chi connectivity index (χ4v) is 4.72. The van der Waals surface area contributed by atoms with Gasteiger partial charge in [-0.2, -0.15) is 5.10 Å². The van der Waals surface area contributed by atoms with Crippen molar-refractivity contribution in [1.82, 2.24) is 20.0 Å². The van der Waals surface area contributed by atoms with Gasteiger partial charge in [0.15, 0.2) is 0 Å². The van der Waals surface area contributed by atoms with E-state index in [-0.39, 0.29) is 17.6 Å². The van der Waals surface area contributed by atoms with Gasteiger partial charge in [-0.1, -0.05) is 24.3 Å². The van der Waals surface area contributed by atoms with Crippen LogP contribution >= 0.6 is 0 Å². The minimum atomic E-state index is -0.561. The van der Waals surface area contributed by atoms with Crippen molar-refractivity contribution in [1.29, 1.82) is 0 Å². The van der Waals surface area contributed by atoms with E-state index in [1.54, 1.807) is 15.9 Å². The lowest BCUT2D eigenvalue weighted by atomic mass is 9.98. The molecule has 0 unspecified atom stereocenters. The average molecular weight is 491 g/mol. The molecule has 2 aromatic carbocycles. The van der Waals surface area contributed by atoms with Gasteiger partial charge in [-0.15, -0.1) is 0 Å². The number of hydrogen-bond acceptors (Lipinski definition) is 6. The smallest absolute Gasteiger partial charge is 0.410 e. The molecule has 1 N–H and O–H groups in total. The van der Waals surface area contributed by atoms with Gasteiger partial charge < -0.3 is 19.3 Å². The van der Waals surface area contributed by atoms with E-state index in [0.29, 0.717) is 55.9 Å². The van der Waals surface area contributed by atoms with Gasteiger partial charge >= 0.3 is 6.09 Å². The SMILES string of the molecule is CC(C)(C)OC(=O)N1CCN(C(=O)c2cc(Cc3n[nH]c(=O)c4ccccc34)cc3c2OCC3)CC1. The Morgan fingerprint density at radius 1 is 1.06 bits per heavy atom. The van der Waals surface area contributed by atoms with Crippen LogP contribution in [-0.2, 0) is 17.6 Å². The minimum Gasteiger partial charge on any atom is -0.492 e. The van der Waals surface area contributed by atoms with Crippen molar-refractivity contribution in [2.45, 2.75) is 39.2 Å². The summed E-state index contributed by atoms with van der Waals surface area (Å²) < 4.78 is 11.3. The fraction of sp³-hybridized carbons (Fsp3) is 0.407. The molecule has 2 aliphatic heterocycles. The molecule has 1 fully saturated rings. The van der Waals surface area contributed by atoms with Crippen LogP contribution in [0.3, 0.4) is 0 Å². The van der Waals surface area contributed by atoms with Crippen molar-refractivity contribution >= 4 is 22.8 Å². The van der Waals surface area contributed by atoms with Gasteiger partial charge in [-0.25, -0.2) is 9.89 Å². The van der Waals surface area contributed by atoms with Gasteiger partial charge in [0, 0.05) is 44.4 Å². The number of ether oxygens (including phenoxy) is 2. The molecule has 1 saturated heterocycles. The highest BCUT2D eigenvalue weighted by Crippen LogP contribution is 2.33. The first-order chi connectivity index (χ1) is 17.2. The normalized spacial score (nSPS) is 15.5. The van der Waals surface area contributed by atoms with Crippen LogP contribution in [0.4, 0.5) is 4.79 Å². The molecule has 0 aliphatic carbocycles. The first-order valence-corrected chi connectivity index (χ1v) is 12.2. The summed E-state index contributed by atoms with van der Waals surface area (Å²) in [5.41, 5.74) is 2.41. The molecule has 188 valence electrons. The maximum absolute atomic E-state index is 13.6. The van der Waals surface area contributed by atoms with Crippen molar-refractivity contribution in [2.75, 3.05) is 32.8 Å². The second-order valence-electron chi connectivity index (χ2n) is 10.2. The Hall–Kier alpha value is -3.88. The summed E-state index contributed by atoms with van der Waals surface area (Å²) in [6, 6.07) is 11.3. The maximum atomic E-state index is 13.6.